The number of nitrogens with zero attached hydrogens (tertiary/aromatic N) is 3. The van der Waals surface area contributed by atoms with Crippen molar-refractivity contribution in [2.45, 2.75) is 18.9 Å². The summed E-state index contributed by atoms with van der Waals surface area (Å²) >= 11 is 6.04. The lowest BCUT2D eigenvalue weighted by molar-refractivity contribution is 0.767. The third-order valence-electron chi connectivity index (χ3n) is 2.47. The van der Waals surface area contributed by atoms with Gasteiger partial charge in [-0.25, -0.2) is 9.97 Å². The number of nitrogen functional groups attached to an aromatic ring is 1. The summed E-state index contributed by atoms with van der Waals surface area (Å²) in [4.78, 5) is 8.21. The normalized spacial score (nSPS) is 16.4. The zero-order valence-corrected chi connectivity index (χ0v) is 8.20. The Hall–Kier alpha value is -1.29. The average molecular weight is 209 g/mol. The number of anilines is 1. The van der Waals surface area contributed by atoms with Crippen LogP contribution in [0.25, 0.3) is 11.0 Å². The van der Waals surface area contributed by atoms with Gasteiger partial charge in [-0.1, -0.05) is 0 Å². The van der Waals surface area contributed by atoms with E-state index in [0.717, 1.165) is 11.0 Å². The number of hydrogen-bond acceptors (Lipinski definition) is 3. The Labute approximate surface area is 85.7 Å². The van der Waals surface area contributed by atoms with E-state index in [1.54, 1.807) is 6.20 Å². The molecule has 0 unspecified atom stereocenters. The van der Waals surface area contributed by atoms with Crippen molar-refractivity contribution >= 4 is 28.5 Å². The van der Waals surface area contributed by atoms with Crippen LogP contribution in [0.5, 0.6) is 0 Å². The van der Waals surface area contributed by atoms with Gasteiger partial charge in [0.25, 0.3) is 0 Å². The highest BCUT2D eigenvalue weighted by Crippen LogP contribution is 2.39. The summed E-state index contributed by atoms with van der Waals surface area (Å²) in [6.45, 7) is 0. The van der Waals surface area contributed by atoms with Gasteiger partial charge in [0.15, 0.2) is 0 Å². The van der Waals surface area contributed by atoms with Gasteiger partial charge < -0.3 is 10.3 Å². The van der Waals surface area contributed by atoms with E-state index >= 15 is 0 Å². The van der Waals surface area contributed by atoms with Crippen molar-refractivity contribution in [3.63, 3.8) is 0 Å². The summed E-state index contributed by atoms with van der Waals surface area (Å²) in [7, 11) is 0. The number of halogens is 1. The number of pyridine rings is 1. The molecule has 0 bridgehead atoms. The summed E-state index contributed by atoms with van der Waals surface area (Å²) in [6.07, 6.45) is 4.01. The van der Waals surface area contributed by atoms with Crippen molar-refractivity contribution < 1.29 is 0 Å². The zero-order valence-electron chi connectivity index (χ0n) is 7.44. The molecule has 5 heteroatoms. The van der Waals surface area contributed by atoms with Crippen LogP contribution in [0.3, 0.4) is 0 Å². The van der Waals surface area contributed by atoms with E-state index < -0.39 is 0 Å². The van der Waals surface area contributed by atoms with E-state index in [-0.39, 0.29) is 0 Å². The minimum Gasteiger partial charge on any atom is -0.384 e. The molecule has 2 heterocycles. The average Bonchev–Trinajstić information content (AvgIpc) is 2.90. The molecule has 2 N–H and O–H groups in total. The Balaban J connectivity index is 2.34. The molecular formula is C9H9ClN4. The molecule has 2 aromatic rings. The van der Waals surface area contributed by atoms with Gasteiger partial charge in [-0.15, -0.1) is 0 Å². The Morgan fingerprint density at radius 1 is 1.50 bits per heavy atom. The highest BCUT2D eigenvalue weighted by molar-refractivity contribution is 6.29. The molecule has 0 atom stereocenters. The molecule has 2 aromatic heterocycles. The molecule has 1 aliphatic carbocycles. The first-order chi connectivity index (χ1) is 6.75. The van der Waals surface area contributed by atoms with Crippen LogP contribution in [0.2, 0.25) is 5.28 Å². The number of nitrogens with two attached hydrogens (primary N) is 1. The van der Waals surface area contributed by atoms with Gasteiger partial charge in [0, 0.05) is 12.1 Å². The smallest absolute Gasteiger partial charge is 0.204 e. The standard InChI is InChI=1S/C9H9ClN4/c10-9-13-6-4-12-8(11)3-7(6)14(9)5-1-2-5/h3-5H,1-2H2,(H2,11,12). The van der Waals surface area contributed by atoms with Crippen molar-refractivity contribution in [3.8, 4) is 0 Å². The minimum atomic E-state index is 0.509. The van der Waals surface area contributed by atoms with Crippen LogP contribution in [0, 0.1) is 0 Å². The van der Waals surface area contributed by atoms with Crippen LogP contribution < -0.4 is 5.73 Å². The van der Waals surface area contributed by atoms with Gasteiger partial charge in [-0.2, -0.15) is 0 Å². The molecule has 0 saturated heterocycles. The summed E-state index contributed by atoms with van der Waals surface area (Å²) in [5.74, 6) is 0.510. The lowest BCUT2D eigenvalue weighted by Crippen LogP contribution is -1.95. The van der Waals surface area contributed by atoms with E-state index in [2.05, 4.69) is 9.97 Å². The fourth-order valence-corrected chi connectivity index (χ4v) is 1.99. The minimum absolute atomic E-state index is 0.509. The monoisotopic (exact) mass is 208 g/mol. The largest absolute Gasteiger partial charge is 0.384 e. The first-order valence-electron chi connectivity index (χ1n) is 4.54. The first kappa shape index (κ1) is 8.05. The lowest BCUT2D eigenvalue weighted by atomic mass is 10.4. The number of hydrogen-bond donors (Lipinski definition) is 1. The Kier molecular flexibility index (Phi) is 1.50. The number of imidazole rings is 1. The molecule has 0 spiro atoms. The van der Waals surface area contributed by atoms with Crippen molar-refractivity contribution in [1.82, 2.24) is 14.5 Å². The topological polar surface area (TPSA) is 56.7 Å². The highest BCUT2D eigenvalue weighted by Gasteiger charge is 2.27. The quantitative estimate of drug-likeness (QED) is 0.780. The van der Waals surface area contributed by atoms with Crippen LogP contribution in [0.4, 0.5) is 5.82 Å². The second-order valence-electron chi connectivity index (χ2n) is 3.58. The summed E-state index contributed by atoms with van der Waals surface area (Å²) in [5.41, 5.74) is 7.43. The SMILES string of the molecule is Nc1cc2c(cn1)nc(Cl)n2C1CC1. The highest BCUT2D eigenvalue weighted by atomic mass is 35.5. The van der Waals surface area contributed by atoms with Gasteiger partial charge in [-0.05, 0) is 24.4 Å². The number of aromatic nitrogens is 3. The Morgan fingerprint density at radius 2 is 2.29 bits per heavy atom. The maximum Gasteiger partial charge on any atom is 0.204 e. The summed E-state index contributed by atoms with van der Waals surface area (Å²) in [5, 5.41) is 0.537. The Bertz CT molecular complexity index is 501. The first-order valence-corrected chi connectivity index (χ1v) is 4.92. The van der Waals surface area contributed by atoms with Crippen LogP contribution in [0.1, 0.15) is 18.9 Å². The summed E-state index contributed by atoms with van der Waals surface area (Å²) < 4.78 is 2.04. The summed E-state index contributed by atoms with van der Waals surface area (Å²) in [6, 6.07) is 2.33. The van der Waals surface area contributed by atoms with E-state index in [4.69, 9.17) is 17.3 Å². The third kappa shape index (κ3) is 1.07. The molecule has 0 radical (unpaired) electrons. The maximum absolute atomic E-state index is 6.04. The van der Waals surface area contributed by atoms with Crippen molar-refractivity contribution in [2.24, 2.45) is 0 Å². The molecule has 4 nitrogen and oxygen atoms in total. The van der Waals surface area contributed by atoms with E-state index in [9.17, 15) is 0 Å². The number of fused-ring (bicyclic) bond motifs is 1. The fraction of sp³-hybridized carbons (Fsp3) is 0.333. The van der Waals surface area contributed by atoms with Crippen molar-refractivity contribution in [1.29, 1.82) is 0 Å². The lowest BCUT2D eigenvalue weighted by Gasteiger charge is -2.01. The zero-order chi connectivity index (χ0) is 9.71. The van der Waals surface area contributed by atoms with E-state index in [1.807, 2.05) is 10.6 Å². The van der Waals surface area contributed by atoms with Crippen LogP contribution in [-0.4, -0.2) is 14.5 Å². The molecule has 3 rings (SSSR count). The van der Waals surface area contributed by atoms with Gasteiger partial charge in [0.05, 0.1) is 11.7 Å². The maximum atomic E-state index is 6.04. The predicted molar refractivity (Wildman–Crippen MR) is 55.2 cm³/mol. The van der Waals surface area contributed by atoms with Crippen LogP contribution in [-0.2, 0) is 0 Å². The molecular weight excluding hydrogens is 200 g/mol. The van der Waals surface area contributed by atoms with Crippen molar-refractivity contribution in [3.05, 3.63) is 17.5 Å². The van der Waals surface area contributed by atoms with E-state index in [1.165, 1.54) is 12.8 Å². The van der Waals surface area contributed by atoms with Gasteiger partial charge >= 0.3 is 0 Å². The van der Waals surface area contributed by atoms with Gasteiger partial charge in [0.2, 0.25) is 5.28 Å². The molecule has 72 valence electrons. The van der Waals surface area contributed by atoms with Crippen LogP contribution in [0.15, 0.2) is 12.3 Å². The van der Waals surface area contributed by atoms with Crippen molar-refractivity contribution in [2.75, 3.05) is 5.73 Å². The van der Waals surface area contributed by atoms with Gasteiger partial charge in [-0.3, -0.25) is 0 Å². The predicted octanol–water partition coefficient (Wildman–Crippen LogP) is 2.00. The molecule has 0 aliphatic heterocycles. The second-order valence-corrected chi connectivity index (χ2v) is 3.92. The fourth-order valence-electron chi connectivity index (χ4n) is 1.66. The Morgan fingerprint density at radius 3 is 3.00 bits per heavy atom. The molecule has 0 aromatic carbocycles. The number of rotatable bonds is 1. The molecule has 14 heavy (non-hydrogen) atoms. The second kappa shape index (κ2) is 2.60. The molecule has 0 amide bonds. The molecule has 1 aliphatic rings. The third-order valence-corrected chi connectivity index (χ3v) is 2.73. The van der Waals surface area contributed by atoms with Crippen LogP contribution >= 0.6 is 11.6 Å². The van der Waals surface area contributed by atoms with Gasteiger partial charge in [0.1, 0.15) is 11.3 Å². The molecule has 1 saturated carbocycles. The molecule has 1 fully saturated rings. The van der Waals surface area contributed by atoms with E-state index in [0.29, 0.717) is 17.1 Å².